The number of carbonyl (C=O) groups excluding carboxylic acids is 1. The summed E-state index contributed by atoms with van der Waals surface area (Å²) in [4.78, 5) is 30.3. The van der Waals surface area contributed by atoms with Crippen molar-refractivity contribution in [2.75, 3.05) is 6.61 Å². The second kappa shape index (κ2) is 8.58. The van der Waals surface area contributed by atoms with E-state index in [2.05, 4.69) is 25.2 Å². The lowest BCUT2D eigenvalue weighted by molar-refractivity contribution is -0.387. The maximum Gasteiger partial charge on any atom is 0.427 e. The summed E-state index contributed by atoms with van der Waals surface area (Å²) >= 11 is 1.09. The van der Waals surface area contributed by atoms with E-state index in [1.165, 1.54) is 12.3 Å². The number of nitro benzene ring substituents is 1. The Balaban J connectivity index is 2.16. The van der Waals surface area contributed by atoms with Crippen molar-refractivity contribution in [3.8, 4) is 0 Å². The lowest BCUT2D eigenvalue weighted by Crippen LogP contribution is -2.18. The van der Waals surface area contributed by atoms with Crippen molar-refractivity contribution < 1.29 is 14.5 Å². The molecule has 1 amide bonds. The van der Waals surface area contributed by atoms with E-state index in [1.807, 2.05) is 0 Å². The molecule has 0 aliphatic rings. The summed E-state index contributed by atoms with van der Waals surface area (Å²) in [5, 5.41) is 15.3. The number of nitrogens with zero attached hydrogens (tertiary/aromatic N) is 4. The standard InChI is InChI=1S/C14H13N5O4S/c1-2-23-14(20)18-17-9-10-4-5-12(11(8-10)19(21)22)24-13-15-6-3-7-16-13/h3-9H,2H2,1H3,(H,18,20)/b17-9+. The van der Waals surface area contributed by atoms with Gasteiger partial charge < -0.3 is 4.74 Å². The largest absolute Gasteiger partial charge is 0.449 e. The molecule has 124 valence electrons. The van der Waals surface area contributed by atoms with E-state index >= 15 is 0 Å². The maximum atomic E-state index is 11.2. The average molecular weight is 347 g/mol. The van der Waals surface area contributed by atoms with E-state index in [1.54, 1.807) is 37.5 Å². The molecule has 2 aromatic rings. The van der Waals surface area contributed by atoms with Gasteiger partial charge in [-0.05, 0) is 30.8 Å². The summed E-state index contributed by atoms with van der Waals surface area (Å²) in [6.45, 7) is 1.89. The van der Waals surface area contributed by atoms with Crippen molar-refractivity contribution in [3.05, 3.63) is 52.3 Å². The second-order valence-electron chi connectivity index (χ2n) is 4.21. The number of ether oxygens (including phenoxy) is 1. The number of hydrazone groups is 1. The fraction of sp³-hybridized carbons (Fsp3) is 0.143. The molecule has 0 aliphatic carbocycles. The van der Waals surface area contributed by atoms with Gasteiger partial charge in [-0.2, -0.15) is 5.10 Å². The number of hydrogen-bond acceptors (Lipinski definition) is 8. The molecule has 0 saturated carbocycles. The van der Waals surface area contributed by atoms with Crippen LogP contribution < -0.4 is 5.43 Å². The Morgan fingerprint density at radius 1 is 1.46 bits per heavy atom. The highest BCUT2D eigenvalue weighted by Crippen LogP contribution is 2.33. The van der Waals surface area contributed by atoms with Crippen LogP contribution in [0.5, 0.6) is 0 Å². The molecule has 1 heterocycles. The van der Waals surface area contributed by atoms with Crippen LogP contribution >= 0.6 is 11.8 Å². The number of aromatic nitrogens is 2. The van der Waals surface area contributed by atoms with Crippen molar-refractivity contribution in [1.82, 2.24) is 15.4 Å². The smallest absolute Gasteiger partial charge is 0.427 e. The first-order valence-electron chi connectivity index (χ1n) is 6.79. The van der Waals surface area contributed by atoms with Crippen LogP contribution in [0.4, 0.5) is 10.5 Å². The van der Waals surface area contributed by atoms with Crippen LogP contribution in [0.1, 0.15) is 12.5 Å². The number of rotatable bonds is 6. The maximum absolute atomic E-state index is 11.2. The molecule has 1 aromatic heterocycles. The van der Waals surface area contributed by atoms with Crippen LogP contribution in [0.15, 0.2) is 51.8 Å². The van der Waals surface area contributed by atoms with Gasteiger partial charge in [0.05, 0.1) is 22.6 Å². The van der Waals surface area contributed by atoms with Gasteiger partial charge in [-0.1, -0.05) is 6.07 Å². The number of carbonyl (C=O) groups is 1. The van der Waals surface area contributed by atoms with Crippen molar-refractivity contribution in [2.45, 2.75) is 17.0 Å². The Kier molecular flexibility index (Phi) is 6.20. The predicted octanol–water partition coefficient (Wildman–Crippen LogP) is 2.62. The molecule has 0 radical (unpaired) electrons. The van der Waals surface area contributed by atoms with E-state index in [-0.39, 0.29) is 12.3 Å². The van der Waals surface area contributed by atoms with Gasteiger partial charge in [0.2, 0.25) is 0 Å². The molecule has 0 saturated heterocycles. The van der Waals surface area contributed by atoms with Crippen LogP contribution in [0.2, 0.25) is 0 Å². The summed E-state index contributed by atoms with van der Waals surface area (Å²) < 4.78 is 4.64. The van der Waals surface area contributed by atoms with E-state index in [0.29, 0.717) is 15.6 Å². The number of amides is 1. The van der Waals surface area contributed by atoms with Crippen LogP contribution in [-0.4, -0.2) is 33.8 Å². The topological polar surface area (TPSA) is 120 Å². The summed E-state index contributed by atoms with van der Waals surface area (Å²) in [5.41, 5.74) is 2.50. The van der Waals surface area contributed by atoms with E-state index < -0.39 is 11.0 Å². The zero-order chi connectivity index (χ0) is 17.4. The molecule has 9 nitrogen and oxygen atoms in total. The van der Waals surface area contributed by atoms with Gasteiger partial charge in [0.1, 0.15) is 0 Å². The van der Waals surface area contributed by atoms with Gasteiger partial charge in [0.15, 0.2) is 5.16 Å². The highest BCUT2D eigenvalue weighted by molar-refractivity contribution is 7.99. The fourth-order valence-electron chi connectivity index (χ4n) is 1.60. The van der Waals surface area contributed by atoms with Crippen LogP contribution in [-0.2, 0) is 4.74 Å². The van der Waals surface area contributed by atoms with Gasteiger partial charge in [0, 0.05) is 24.0 Å². The second-order valence-corrected chi connectivity index (χ2v) is 5.22. The minimum absolute atomic E-state index is 0.104. The van der Waals surface area contributed by atoms with Gasteiger partial charge in [-0.15, -0.1) is 0 Å². The molecular weight excluding hydrogens is 334 g/mol. The molecule has 0 atom stereocenters. The Morgan fingerprint density at radius 2 is 2.21 bits per heavy atom. The van der Waals surface area contributed by atoms with Crippen LogP contribution in [0, 0.1) is 10.1 Å². The number of benzene rings is 1. The monoisotopic (exact) mass is 347 g/mol. The van der Waals surface area contributed by atoms with E-state index in [0.717, 1.165) is 11.8 Å². The van der Waals surface area contributed by atoms with Gasteiger partial charge in [-0.25, -0.2) is 20.2 Å². The van der Waals surface area contributed by atoms with Gasteiger partial charge >= 0.3 is 6.09 Å². The predicted molar refractivity (Wildman–Crippen MR) is 87.0 cm³/mol. The molecule has 0 bridgehead atoms. The third kappa shape index (κ3) is 5.02. The summed E-state index contributed by atoms with van der Waals surface area (Å²) in [5.74, 6) is 0. The SMILES string of the molecule is CCOC(=O)N/N=C/c1ccc(Sc2ncccn2)c([N+](=O)[O-])c1. The first-order chi connectivity index (χ1) is 11.6. The van der Waals surface area contributed by atoms with Crippen molar-refractivity contribution >= 4 is 29.8 Å². The molecule has 1 aromatic carbocycles. The number of hydrogen-bond donors (Lipinski definition) is 1. The Labute approximate surface area is 141 Å². The highest BCUT2D eigenvalue weighted by atomic mass is 32.2. The molecule has 2 rings (SSSR count). The minimum Gasteiger partial charge on any atom is -0.449 e. The Bertz CT molecular complexity index is 754. The normalized spacial score (nSPS) is 10.5. The quantitative estimate of drug-likeness (QED) is 0.369. The third-order valence-corrected chi connectivity index (χ3v) is 3.53. The van der Waals surface area contributed by atoms with Crippen LogP contribution in [0.25, 0.3) is 0 Å². The average Bonchev–Trinajstić information content (AvgIpc) is 2.57. The molecule has 0 unspecified atom stereocenters. The Hall–Kier alpha value is -3.01. The molecule has 1 N–H and O–H groups in total. The summed E-state index contributed by atoms with van der Waals surface area (Å²) in [6.07, 6.45) is 3.71. The highest BCUT2D eigenvalue weighted by Gasteiger charge is 2.16. The van der Waals surface area contributed by atoms with Crippen molar-refractivity contribution in [2.24, 2.45) is 5.10 Å². The van der Waals surface area contributed by atoms with Gasteiger partial charge in [0.25, 0.3) is 5.69 Å². The van der Waals surface area contributed by atoms with Gasteiger partial charge in [-0.3, -0.25) is 10.1 Å². The first kappa shape index (κ1) is 17.3. The lowest BCUT2D eigenvalue weighted by atomic mass is 10.2. The first-order valence-corrected chi connectivity index (χ1v) is 7.61. The molecule has 0 aliphatic heterocycles. The van der Waals surface area contributed by atoms with E-state index in [4.69, 9.17) is 0 Å². The molecule has 0 spiro atoms. The molecule has 0 fully saturated rings. The van der Waals surface area contributed by atoms with Crippen LogP contribution in [0.3, 0.4) is 0 Å². The van der Waals surface area contributed by atoms with Crippen molar-refractivity contribution in [3.63, 3.8) is 0 Å². The minimum atomic E-state index is -0.698. The molecular formula is C14H13N5O4S. The zero-order valence-corrected chi connectivity index (χ0v) is 13.4. The summed E-state index contributed by atoms with van der Waals surface area (Å²) in [7, 11) is 0. The lowest BCUT2D eigenvalue weighted by Gasteiger charge is -2.03. The summed E-state index contributed by atoms with van der Waals surface area (Å²) in [6, 6.07) is 6.22. The molecule has 24 heavy (non-hydrogen) atoms. The number of nitrogens with one attached hydrogen (secondary N) is 1. The fourth-order valence-corrected chi connectivity index (χ4v) is 2.40. The van der Waals surface area contributed by atoms with E-state index in [9.17, 15) is 14.9 Å². The van der Waals surface area contributed by atoms with Crippen molar-refractivity contribution in [1.29, 1.82) is 0 Å². The Morgan fingerprint density at radius 3 is 2.88 bits per heavy atom. The number of nitro groups is 1. The zero-order valence-electron chi connectivity index (χ0n) is 12.6. The third-order valence-electron chi connectivity index (χ3n) is 2.57. The molecule has 10 heteroatoms.